The Morgan fingerprint density at radius 2 is 1.91 bits per heavy atom. The molecule has 0 saturated carbocycles. The molecule has 1 saturated heterocycles. The van der Waals surface area contributed by atoms with E-state index in [9.17, 15) is 5.11 Å². The lowest BCUT2D eigenvalue weighted by molar-refractivity contribution is -0.0702. The summed E-state index contributed by atoms with van der Waals surface area (Å²) < 4.78 is 11.3. The average molecular weight is 319 g/mol. The van der Waals surface area contributed by atoms with Gasteiger partial charge < -0.3 is 14.6 Å². The monoisotopic (exact) mass is 319 g/mol. The molecule has 3 atom stereocenters. The van der Waals surface area contributed by atoms with E-state index >= 15 is 0 Å². The lowest BCUT2D eigenvalue weighted by Gasteiger charge is -2.35. The van der Waals surface area contributed by atoms with Crippen LogP contribution in [0.1, 0.15) is 38.9 Å². The molecule has 0 radical (unpaired) electrons. The first-order valence-electron chi connectivity index (χ1n) is 8.37. The second-order valence-electron chi connectivity index (χ2n) is 6.64. The van der Waals surface area contributed by atoms with Crippen LogP contribution in [0.15, 0.2) is 36.4 Å². The number of aliphatic hydroxyl groups is 1. The van der Waals surface area contributed by atoms with Crippen molar-refractivity contribution >= 4 is 0 Å². The molecule has 3 unspecified atom stereocenters. The molecule has 23 heavy (non-hydrogen) atoms. The number of benzene rings is 1. The van der Waals surface area contributed by atoms with Crippen molar-refractivity contribution in [3.8, 4) is 5.75 Å². The van der Waals surface area contributed by atoms with Crippen LogP contribution < -0.4 is 4.74 Å². The van der Waals surface area contributed by atoms with Crippen molar-refractivity contribution in [3.63, 3.8) is 0 Å². The lowest BCUT2D eigenvalue weighted by Crippen LogP contribution is -2.45. The van der Waals surface area contributed by atoms with E-state index in [4.69, 9.17) is 9.47 Å². The van der Waals surface area contributed by atoms with E-state index in [-0.39, 0.29) is 12.2 Å². The summed E-state index contributed by atoms with van der Waals surface area (Å²) in [5.41, 5.74) is 1.92. The number of morpholine rings is 1. The highest BCUT2D eigenvalue weighted by Crippen LogP contribution is 2.21. The summed E-state index contributed by atoms with van der Waals surface area (Å²) in [5.74, 6) is 0.805. The maximum atomic E-state index is 10.4. The molecule has 1 aromatic rings. The Morgan fingerprint density at radius 1 is 1.30 bits per heavy atom. The number of ether oxygens (including phenoxy) is 2. The first-order valence-corrected chi connectivity index (χ1v) is 8.37. The van der Waals surface area contributed by atoms with Crippen LogP contribution in [0.4, 0.5) is 0 Å². The summed E-state index contributed by atoms with van der Waals surface area (Å²) in [7, 11) is 0. The van der Waals surface area contributed by atoms with Gasteiger partial charge in [0.05, 0.1) is 18.3 Å². The SMILES string of the molecule is C=C(C)COc1ccc(C(O)CCN2CC(C)OC(C)C2)cc1. The fourth-order valence-electron chi connectivity index (χ4n) is 2.93. The normalized spacial score (nSPS) is 23.5. The number of nitrogens with zero attached hydrogens (tertiary/aromatic N) is 1. The van der Waals surface area contributed by atoms with Crippen molar-refractivity contribution in [1.82, 2.24) is 4.90 Å². The van der Waals surface area contributed by atoms with E-state index in [2.05, 4.69) is 25.3 Å². The van der Waals surface area contributed by atoms with Crippen molar-refractivity contribution < 1.29 is 14.6 Å². The van der Waals surface area contributed by atoms with Crippen LogP contribution in [0.3, 0.4) is 0 Å². The van der Waals surface area contributed by atoms with Crippen LogP contribution in [-0.2, 0) is 4.74 Å². The Labute approximate surface area is 139 Å². The predicted octanol–water partition coefficient (Wildman–Crippen LogP) is 3.17. The molecule has 0 aromatic heterocycles. The second kappa shape index (κ2) is 8.48. The molecular formula is C19H29NO3. The molecule has 128 valence electrons. The summed E-state index contributed by atoms with van der Waals surface area (Å²) in [6, 6.07) is 7.67. The van der Waals surface area contributed by atoms with Gasteiger partial charge in [0.15, 0.2) is 0 Å². The molecule has 0 aliphatic carbocycles. The third-order valence-corrected chi connectivity index (χ3v) is 3.96. The van der Waals surface area contributed by atoms with E-state index in [1.807, 2.05) is 31.2 Å². The van der Waals surface area contributed by atoms with Gasteiger partial charge in [0.2, 0.25) is 0 Å². The van der Waals surface area contributed by atoms with Crippen LogP contribution in [0.25, 0.3) is 0 Å². The van der Waals surface area contributed by atoms with Crippen molar-refractivity contribution in [2.45, 2.75) is 45.5 Å². The molecule has 1 N–H and O–H groups in total. The molecule has 1 aromatic carbocycles. The molecular weight excluding hydrogens is 290 g/mol. The van der Waals surface area contributed by atoms with Gasteiger partial charge in [0.25, 0.3) is 0 Å². The molecule has 0 amide bonds. The zero-order chi connectivity index (χ0) is 16.8. The van der Waals surface area contributed by atoms with Gasteiger partial charge in [-0.15, -0.1) is 0 Å². The minimum Gasteiger partial charge on any atom is -0.489 e. The van der Waals surface area contributed by atoms with Crippen molar-refractivity contribution in [2.24, 2.45) is 0 Å². The minimum atomic E-state index is -0.446. The molecule has 4 heteroatoms. The average Bonchev–Trinajstić information content (AvgIpc) is 2.50. The number of hydrogen-bond donors (Lipinski definition) is 1. The fourth-order valence-corrected chi connectivity index (χ4v) is 2.93. The van der Waals surface area contributed by atoms with Crippen molar-refractivity contribution in [3.05, 3.63) is 42.0 Å². The third kappa shape index (κ3) is 5.98. The van der Waals surface area contributed by atoms with Crippen LogP contribution in [0.2, 0.25) is 0 Å². The van der Waals surface area contributed by atoms with E-state index in [0.29, 0.717) is 6.61 Å². The molecule has 0 spiro atoms. The summed E-state index contributed by atoms with van der Waals surface area (Å²) in [5, 5.41) is 10.4. The maximum absolute atomic E-state index is 10.4. The van der Waals surface area contributed by atoms with Crippen LogP contribution in [0.5, 0.6) is 5.75 Å². The Morgan fingerprint density at radius 3 is 2.48 bits per heavy atom. The predicted molar refractivity (Wildman–Crippen MR) is 92.8 cm³/mol. The molecule has 2 rings (SSSR count). The highest BCUT2D eigenvalue weighted by atomic mass is 16.5. The Bertz CT molecular complexity index is 490. The van der Waals surface area contributed by atoms with E-state index in [1.165, 1.54) is 0 Å². The quantitative estimate of drug-likeness (QED) is 0.784. The largest absolute Gasteiger partial charge is 0.489 e. The Hall–Kier alpha value is -1.36. The summed E-state index contributed by atoms with van der Waals surface area (Å²) in [6.45, 7) is 13.2. The highest BCUT2D eigenvalue weighted by molar-refractivity contribution is 5.28. The molecule has 1 heterocycles. The smallest absolute Gasteiger partial charge is 0.119 e. The number of hydrogen-bond acceptors (Lipinski definition) is 4. The van der Waals surface area contributed by atoms with Gasteiger partial charge in [-0.05, 0) is 50.5 Å². The summed E-state index contributed by atoms with van der Waals surface area (Å²) >= 11 is 0. The molecule has 1 aliphatic heterocycles. The van der Waals surface area contributed by atoms with Crippen molar-refractivity contribution in [1.29, 1.82) is 0 Å². The molecule has 4 nitrogen and oxygen atoms in total. The van der Waals surface area contributed by atoms with E-state index in [0.717, 1.165) is 42.9 Å². The number of rotatable bonds is 7. The first kappa shape index (κ1) is 18.0. The van der Waals surface area contributed by atoms with Gasteiger partial charge >= 0.3 is 0 Å². The molecule has 0 bridgehead atoms. The summed E-state index contributed by atoms with van der Waals surface area (Å²) in [4.78, 5) is 2.37. The van der Waals surface area contributed by atoms with Gasteiger partial charge in [0, 0.05) is 19.6 Å². The topological polar surface area (TPSA) is 41.9 Å². The van der Waals surface area contributed by atoms with Crippen LogP contribution in [-0.4, -0.2) is 48.5 Å². The zero-order valence-electron chi connectivity index (χ0n) is 14.5. The highest BCUT2D eigenvalue weighted by Gasteiger charge is 2.22. The first-order chi connectivity index (χ1) is 10.9. The van der Waals surface area contributed by atoms with Gasteiger partial charge in [-0.3, -0.25) is 4.90 Å². The van der Waals surface area contributed by atoms with Crippen LogP contribution >= 0.6 is 0 Å². The fraction of sp³-hybridized carbons (Fsp3) is 0.579. The van der Waals surface area contributed by atoms with Gasteiger partial charge in [-0.25, -0.2) is 0 Å². The molecule has 1 fully saturated rings. The van der Waals surface area contributed by atoms with Gasteiger partial charge in [-0.2, -0.15) is 0 Å². The minimum absolute atomic E-state index is 0.264. The summed E-state index contributed by atoms with van der Waals surface area (Å²) in [6.07, 6.45) is 0.811. The second-order valence-corrected chi connectivity index (χ2v) is 6.64. The van der Waals surface area contributed by atoms with E-state index in [1.54, 1.807) is 0 Å². The van der Waals surface area contributed by atoms with Gasteiger partial charge in [0.1, 0.15) is 12.4 Å². The van der Waals surface area contributed by atoms with Crippen molar-refractivity contribution in [2.75, 3.05) is 26.2 Å². The Balaban J connectivity index is 1.81. The van der Waals surface area contributed by atoms with Crippen LogP contribution in [0, 0.1) is 0 Å². The standard InChI is InChI=1S/C19H29NO3/c1-14(2)13-22-18-7-5-17(6-8-18)19(21)9-10-20-11-15(3)23-16(4)12-20/h5-8,15-16,19,21H,1,9-13H2,2-4H3. The molecule has 1 aliphatic rings. The Kier molecular flexibility index (Phi) is 6.63. The maximum Gasteiger partial charge on any atom is 0.119 e. The lowest BCUT2D eigenvalue weighted by atomic mass is 10.1. The third-order valence-electron chi connectivity index (χ3n) is 3.96. The number of aliphatic hydroxyl groups excluding tert-OH is 1. The van der Waals surface area contributed by atoms with Gasteiger partial charge in [-0.1, -0.05) is 18.7 Å². The zero-order valence-corrected chi connectivity index (χ0v) is 14.5. The van der Waals surface area contributed by atoms with E-state index < -0.39 is 6.10 Å².